The van der Waals surface area contributed by atoms with Crippen LogP contribution in [0.2, 0.25) is 5.15 Å². The molecule has 98 valence electrons. The Morgan fingerprint density at radius 3 is 2.24 bits per heavy atom. The molecule has 0 aliphatic heterocycles. The van der Waals surface area contributed by atoms with E-state index in [9.17, 15) is 0 Å². The van der Waals surface area contributed by atoms with Crippen molar-refractivity contribution in [1.29, 1.82) is 0 Å². The summed E-state index contributed by atoms with van der Waals surface area (Å²) >= 11 is 13.3. The van der Waals surface area contributed by atoms with Crippen molar-refractivity contribution in [2.45, 2.75) is 5.88 Å². The van der Waals surface area contributed by atoms with Gasteiger partial charge in [-0.2, -0.15) is 0 Å². The maximum atomic E-state index is 5.98. The zero-order valence-electron chi connectivity index (χ0n) is 9.91. The van der Waals surface area contributed by atoms with E-state index in [0.717, 1.165) is 23.1 Å². The highest BCUT2D eigenvalue weighted by atomic mass is 35.5. The zero-order valence-corrected chi connectivity index (χ0v) is 12.2. The van der Waals surface area contributed by atoms with Gasteiger partial charge in [0.05, 0.1) is 24.0 Å². The van der Waals surface area contributed by atoms with Crippen LogP contribution in [0.15, 0.2) is 0 Å². The van der Waals surface area contributed by atoms with Gasteiger partial charge in [0.1, 0.15) is 5.15 Å². The number of halogens is 2. The molecular formula is C10H16Cl2N2O2S. The van der Waals surface area contributed by atoms with Gasteiger partial charge in [0.2, 0.25) is 0 Å². The molecule has 0 spiro atoms. The van der Waals surface area contributed by atoms with E-state index in [1.807, 2.05) is 0 Å². The molecule has 0 aromatic carbocycles. The fraction of sp³-hybridized carbons (Fsp3) is 0.700. The second-order valence-corrected chi connectivity index (χ2v) is 5.00. The molecule has 0 bridgehead atoms. The summed E-state index contributed by atoms with van der Waals surface area (Å²) in [6.45, 7) is 2.78. The lowest BCUT2D eigenvalue weighted by Crippen LogP contribution is -2.30. The molecule has 0 N–H and O–H groups in total. The van der Waals surface area contributed by atoms with Crippen LogP contribution in [0.5, 0.6) is 0 Å². The van der Waals surface area contributed by atoms with Gasteiger partial charge in [-0.05, 0) is 0 Å². The molecule has 4 nitrogen and oxygen atoms in total. The van der Waals surface area contributed by atoms with Crippen LogP contribution < -0.4 is 4.90 Å². The fourth-order valence-corrected chi connectivity index (χ4v) is 2.77. The summed E-state index contributed by atoms with van der Waals surface area (Å²) in [4.78, 5) is 7.28. The minimum absolute atomic E-state index is 0.388. The summed E-state index contributed by atoms with van der Waals surface area (Å²) in [6.07, 6.45) is 0. The molecule has 0 radical (unpaired) electrons. The summed E-state index contributed by atoms with van der Waals surface area (Å²) in [6, 6.07) is 0. The minimum Gasteiger partial charge on any atom is -0.383 e. The third-order valence-corrected chi connectivity index (χ3v) is 4.13. The monoisotopic (exact) mass is 298 g/mol. The lowest BCUT2D eigenvalue weighted by Gasteiger charge is -2.20. The number of hydrogen-bond donors (Lipinski definition) is 0. The van der Waals surface area contributed by atoms with Gasteiger partial charge in [-0.15, -0.1) is 11.6 Å². The number of aromatic nitrogens is 1. The van der Waals surface area contributed by atoms with Crippen LogP contribution in [-0.2, 0) is 15.4 Å². The van der Waals surface area contributed by atoms with Crippen LogP contribution in [0.25, 0.3) is 0 Å². The average molecular weight is 299 g/mol. The lowest BCUT2D eigenvalue weighted by atomic mass is 10.5. The van der Waals surface area contributed by atoms with Crippen molar-refractivity contribution in [2.75, 3.05) is 45.4 Å². The first-order valence-electron chi connectivity index (χ1n) is 5.17. The lowest BCUT2D eigenvalue weighted by molar-refractivity contribution is 0.190. The minimum atomic E-state index is 0.388. The summed E-state index contributed by atoms with van der Waals surface area (Å²) in [5, 5.41) is 1.35. The van der Waals surface area contributed by atoms with Gasteiger partial charge >= 0.3 is 0 Å². The summed E-state index contributed by atoms with van der Waals surface area (Å²) < 4.78 is 10.1. The molecule has 0 saturated carbocycles. The van der Waals surface area contributed by atoms with E-state index < -0.39 is 0 Å². The van der Waals surface area contributed by atoms with Crippen molar-refractivity contribution in [1.82, 2.24) is 4.98 Å². The molecule has 1 aromatic heterocycles. The van der Waals surface area contributed by atoms with E-state index >= 15 is 0 Å². The van der Waals surface area contributed by atoms with E-state index in [4.69, 9.17) is 32.7 Å². The molecule has 17 heavy (non-hydrogen) atoms. The Labute approximate surface area is 115 Å². The van der Waals surface area contributed by atoms with Gasteiger partial charge in [-0.25, -0.2) is 4.98 Å². The maximum absolute atomic E-state index is 5.98. The highest BCUT2D eigenvalue weighted by molar-refractivity contribution is 7.16. The highest BCUT2D eigenvalue weighted by Gasteiger charge is 2.14. The number of methoxy groups -OCH3 is 2. The summed E-state index contributed by atoms with van der Waals surface area (Å²) in [7, 11) is 3.35. The molecule has 0 fully saturated rings. The quantitative estimate of drug-likeness (QED) is 0.691. The van der Waals surface area contributed by atoms with E-state index in [2.05, 4.69) is 9.88 Å². The molecular weight excluding hydrogens is 283 g/mol. The number of nitrogens with zero attached hydrogens (tertiary/aromatic N) is 2. The van der Waals surface area contributed by atoms with Crippen LogP contribution in [0.3, 0.4) is 0 Å². The van der Waals surface area contributed by atoms with Crippen LogP contribution in [0.4, 0.5) is 5.13 Å². The van der Waals surface area contributed by atoms with Gasteiger partial charge in [-0.1, -0.05) is 22.9 Å². The van der Waals surface area contributed by atoms with E-state index in [1.54, 1.807) is 14.2 Å². The summed E-state index contributed by atoms with van der Waals surface area (Å²) in [5.74, 6) is 0.388. The van der Waals surface area contributed by atoms with Gasteiger partial charge in [-0.3, -0.25) is 0 Å². The zero-order chi connectivity index (χ0) is 12.7. The van der Waals surface area contributed by atoms with Crippen LogP contribution in [-0.4, -0.2) is 45.5 Å². The summed E-state index contributed by atoms with van der Waals surface area (Å²) in [5.41, 5.74) is 0. The van der Waals surface area contributed by atoms with E-state index in [1.165, 1.54) is 11.3 Å². The molecule has 1 rings (SSSR count). The van der Waals surface area contributed by atoms with Crippen LogP contribution in [0.1, 0.15) is 4.88 Å². The normalized spacial score (nSPS) is 10.8. The SMILES string of the molecule is COCCN(CCOC)c1nc(Cl)c(CCl)s1. The third kappa shape index (κ3) is 4.60. The number of alkyl halides is 1. The Bertz CT molecular complexity index is 328. The number of hydrogen-bond acceptors (Lipinski definition) is 5. The number of anilines is 1. The van der Waals surface area contributed by atoms with E-state index in [-0.39, 0.29) is 0 Å². The second-order valence-electron chi connectivity index (χ2n) is 3.32. The number of thiazole rings is 1. The molecule has 0 amide bonds. The van der Waals surface area contributed by atoms with Crippen LogP contribution in [0, 0.1) is 0 Å². The molecule has 1 aromatic rings. The largest absolute Gasteiger partial charge is 0.383 e. The predicted octanol–water partition coefficient (Wildman–Crippen LogP) is 2.63. The first kappa shape index (κ1) is 15.0. The van der Waals surface area contributed by atoms with Crippen molar-refractivity contribution in [3.63, 3.8) is 0 Å². The highest BCUT2D eigenvalue weighted by Crippen LogP contribution is 2.30. The van der Waals surface area contributed by atoms with E-state index in [0.29, 0.717) is 24.2 Å². The molecule has 1 heterocycles. The fourth-order valence-electron chi connectivity index (χ4n) is 1.25. The first-order chi connectivity index (χ1) is 8.22. The van der Waals surface area contributed by atoms with Crippen molar-refractivity contribution >= 4 is 39.7 Å². The Kier molecular flexibility index (Phi) is 7.15. The van der Waals surface area contributed by atoms with Crippen molar-refractivity contribution in [3.8, 4) is 0 Å². The molecule has 7 heteroatoms. The van der Waals surface area contributed by atoms with Crippen molar-refractivity contribution in [3.05, 3.63) is 10.0 Å². The third-order valence-electron chi connectivity index (χ3n) is 2.16. The Morgan fingerprint density at radius 2 is 1.82 bits per heavy atom. The van der Waals surface area contributed by atoms with Gasteiger partial charge in [0.15, 0.2) is 5.13 Å². The van der Waals surface area contributed by atoms with Gasteiger partial charge < -0.3 is 14.4 Å². The smallest absolute Gasteiger partial charge is 0.187 e. The molecule has 0 atom stereocenters. The topological polar surface area (TPSA) is 34.6 Å². The predicted molar refractivity (Wildman–Crippen MR) is 72.6 cm³/mol. The molecule has 0 aliphatic rings. The molecule has 0 aliphatic carbocycles. The Morgan fingerprint density at radius 1 is 1.24 bits per heavy atom. The van der Waals surface area contributed by atoms with Gasteiger partial charge in [0.25, 0.3) is 0 Å². The standard InChI is InChI=1S/C10H16Cl2N2O2S/c1-15-5-3-14(4-6-16-2)10-13-9(12)8(7-11)17-10/h3-7H2,1-2H3. The molecule has 0 saturated heterocycles. The van der Waals surface area contributed by atoms with Crippen LogP contribution >= 0.6 is 34.5 Å². The maximum Gasteiger partial charge on any atom is 0.187 e. The molecule has 0 unspecified atom stereocenters. The second kappa shape index (κ2) is 8.11. The van der Waals surface area contributed by atoms with Crippen molar-refractivity contribution in [2.24, 2.45) is 0 Å². The average Bonchev–Trinajstić information content (AvgIpc) is 2.70. The Balaban J connectivity index is 2.71. The van der Waals surface area contributed by atoms with Crippen molar-refractivity contribution < 1.29 is 9.47 Å². The van der Waals surface area contributed by atoms with Gasteiger partial charge in [0, 0.05) is 27.3 Å². The first-order valence-corrected chi connectivity index (χ1v) is 6.89. The number of ether oxygens (including phenoxy) is 2. The Hall–Kier alpha value is -0.0700. The number of rotatable bonds is 8.